The van der Waals surface area contributed by atoms with E-state index < -0.39 is 0 Å². The molecule has 1 atom stereocenters. The zero-order chi connectivity index (χ0) is 16.5. The summed E-state index contributed by atoms with van der Waals surface area (Å²) in [6, 6.07) is 5.73. The third-order valence-corrected chi connectivity index (χ3v) is 5.32. The second kappa shape index (κ2) is 6.39. The number of benzene rings is 1. The van der Waals surface area contributed by atoms with Crippen LogP contribution in [0.15, 0.2) is 29.6 Å². The fourth-order valence-corrected chi connectivity index (χ4v) is 3.98. The molecule has 3 heterocycles. The highest BCUT2D eigenvalue weighted by molar-refractivity contribution is 7.99. The van der Waals surface area contributed by atoms with E-state index in [2.05, 4.69) is 14.9 Å². The van der Waals surface area contributed by atoms with Gasteiger partial charge in [-0.05, 0) is 18.1 Å². The summed E-state index contributed by atoms with van der Waals surface area (Å²) in [5.74, 6) is 2.49. The molecule has 0 fully saturated rings. The molecule has 0 spiro atoms. The molecule has 0 unspecified atom stereocenters. The second-order valence-electron chi connectivity index (χ2n) is 5.96. The molecule has 0 saturated heterocycles. The van der Waals surface area contributed by atoms with E-state index in [0.29, 0.717) is 19.6 Å². The molecule has 24 heavy (non-hydrogen) atoms. The van der Waals surface area contributed by atoms with Crippen molar-refractivity contribution in [3.8, 4) is 11.5 Å². The number of hydrogen-bond acceptors (Lipinski definition) is 5. The zero-order valence-electron chi connectivity index (χ0n) is 13.4. The molecular formula is C17H19N3O3S. The van der Waals surface area contributed by atoms with Crippen LogP contribution >= 0.6 is 11.8 Å². The van der Waals surface area contributed by atoms with E-state index in [1.807, 2.05) is 24.4 Å². The lowest BCUT2D eigenvalue weighted by Gasteiger charge is -2.24. The number of aryl methyl sites for hydroxylation is 1. The maximum Gasteiger partial charge on any atom is 0.227 e. The first-order valence-corrected chi connectivity index (χ1v) is 8.98. The number of thioether (sulfide) groups is 1. The van der Waals surface area contributed by atoms with Gasteiger partial charge in [0.15, 0.2) is 5.16 Å². The van der Waals surface area contributed by atoms with Crippen LogP contribution in [-0.4, -0.2) is 34.9 Å². The molecule has 6 nitrogen and oxygen atoms in total. The minimum Gasteiger partial charge on any atom is -0.497 e. The summed E-state index contributed by atoms with van der Waals surface area (Å²) >= 11 is 1.76. The van der Waals surface area contributed by atoms with Crippen LogP contribution in [0.25, 0.3) is 0 Å². The molecule has 1 amide bonds. The molecule has 4 rings (SSSR count). The monoisotopic (exact) mass is 345 g/mol. The Labute approximate surface area is 144 Å². The lowest BCUT2D eigenvalue weighted by Crippen LogP contribution is -2.37. The molecule has 2 aromatic rings. The number of nitrogens with one attached hydrogen (secondary N) is 1. The van der Waals surface area contributed by atoms with Gasteiger partial charge in [0.25, 0.3) is 0 Å². The minimum atomic E-state index is -0.172. The van der Waals surface area contributed by atoms with Crippen molar-refractivity contribution in [3.63, 3.8) is 0 Å². The molecule has 7 heteroatoms. The second-order valence-corrected chi connectivity index (χ2v) is 7.02. The third-order valence-electron chi connectivity index (χ3n) is 4.35. The van der Waals surface area contributed by atoms with E-state index >= 15 is 0 Å². The van der Waals surface area contributed by atoms with Crippen LogP contribution in [0.3, 0.4) is 0 Å². The van der Waals surface area contributed by atoms with Gasteiger partial charge in [0.05, 0.1) is 25.3 Å². The SMILES string of the molecule is COc1ccc2c(c1)OC[C@H](C(=O)NCc1cn3c(n1)SCC3)C2. The van der Waals surface area contributed by atoms with E-state index in [1.54, 1.807) is 18.9 Å². The van der Waals surface area contributed by atoms with Crippen molar-refractivity contribution in [1.82, 2.24) is 14.9 Å². The van der Waals surface area contributed by atoms with Crippen molar-refractivity contribution < 1.29 is 14.3 Å². The van der Waals surface area contributed by atoms with E-state index in [-0.39, 0.29) is 11.8 Å². The summed E-state index contributed by atoms with van der Waals surface area (Å²) in [6.07, 6.45) is 2.70. The Morgan fingerprint density at radius 3 is 3.29 bits per heavy atom. The Bertz CT molecular complexity index is 753. The summed E-state index contributed by atoms with van der Waals surface area (Å²) in [4.78, 5) is 17.0. The number of methoxy groups -OCH3 is 1. The zero-order valence-corrected chi connectivity index (χ0v) is 14.3. The smallest absolute Gasteiger partial charge is 0.227 e. The van der Waals surface area contributed by atoms with Crippen LogP contribution in [-0.2, 0) is 24.3 Å². The fraction of sp³-hybridized carbons (Fsp3) is 0.412. The summed E-state index contributed by atoms with van der Waals surface area (Å²) < 4.78 is 13.1. The van der Waals surface area contributed by atoms with Crippen LogP contribution in [0.5, 0.6) is 11.5 Å². The highest BCUT2D eigenvalue weighted by Gasteiger charge is 2.26. The molecule has 1 N–H and O–H groups in total. The van der Waals surface area contributed by atoms with Gasteiger partial charge in [-0.25, -0.2) is 4.98 Å². The van der Waals surface area contributed by atoms with Crippen LogP contribution < -0.4 is 14.8 Å². The summed E-state index contributed by atoms with van der Waals surface area (Å²) in [5, 5.41) is 4.03. The molecule has 2 aliphatic rings. The molecule has 0 bridgehead atoms. The number of amides is 1. The van der Waals surface area contributed by atoms with E-state index in [4.69, 9.17) is 9.47 Å². The van der Waals surface area contributed by atoms with E-state index in [0.717, 1.165) is 40.2 Å². The normalized spacial score (nSPS) is 18.5. The van der Waals surface area contributed by atoms with Crippen LogP contribution in [0.1, 0.15) is 11.3 Å². The number of aromatic nitrogens is 2. The number of fused-ring (bicyclic) bond motifs is 2. The molecule has 2 aliphatic heterocycles. The Kier molecular flexibility index (Phi) is 4.10. The molecule has 126 valence electrons. The van der Waals surface area contributed by atoms with Gasteiger partial charge in [-0.3, -0.25) is 4.79 Å². The summed E-state index contributed by atoms with van der Waals surface area (Å²) in [7, 11) is 1.63. The summed E-state index contributed by atoms with van der Waals surface area (Å²) in [5.41, 5.74) is 1.95. The number of hydrogen-bond donors (Lipinski definition) is 1. The summed E-state index contributed by atoms with van der Waals surface area (Å²) in [6.45, 7) is 1.85. The molecular weight excluding hydrogens is 326 g/mol. The maximum absolute atomic E-state index is 12.4. The average molecular weight is 345 g/mol. The first-order valence-electron chi connectivity index (χ1n) is 7.99. The molecule has 1 aromatic carbocycles. The van der Waals surface area contributed by atoms with Crippen molar-refractivity contribution in [2.45, 2.75) is 24.7 Å². The van der Waals surface area contributed by atoms with Crippen LogP contribution in [0.4, 0.5) is 0 Å². The Balaban J connectivity index is 1.36. The Morgan fingerprint density at radius 1 is 1.54 bits per heavy atom. The predicted octanol–water partition coefficient (Wildman–Crippen LogP) is 1.86. The lowest BCUT2D eigenvalue weighted by molar-refractivity contribution is -0.126. The quantitative estimate of drug-likeness (QED) is 0.916. The van der Waals surface area contributed by atoms with Gasteiger partial charge in [-0.15, -0.1) is 0 Å². The highest BCUT2D eigenvalue weighted by Crippen LogP contribution is 2.31. The molecule has 1 aromatic heterocycles. The van der Waals surface area contributed by atoms with Crippen LogP contribution in [0, 0.1) is 5.92 Å². The topological polar surface area (TPSA) is 65.4 Å². The van der Waals surface area contributed by atoms with Crippen molar-refractivity contribution >= 4 is 17.7 Å². The van der Waals surface area contributed by atoms with Gasteiger partial charge in [0.2, 0.25) is 5.91 Å². The fourth-order valence-electron chi connectivity index (χ4n) is 3.02. The first kappa shape index (κ1) is 15.4. The van der Waals surface area contributed by atoms with Crippen molar-refractivity contribution in [2.24, 2.45) is 5.92 Å². The number of imidazole rings is 1. The lowest BCUT2D eigenvalue weighted by atomic mass is 9.96. The van der Waals surface area contributed by atoms with Gasteiger partial charge < -0.3 is 19.4 Å². The van der Waals surface area contributed by atoms with E-state index in [9.17, 15) is 4.79 Å². The number of nitrogens with zero attached hydrogens (tertiary/aromatic N) is 2. The number of carbonyl (C=O) groups is 1. The van der Waals surface area contributed by atoms with Crippen LogP contribution in [0.2, 0.25) is 0 Å². The number of carbonyl (C=O) groups excluding carboxylic acids is 1. The molecule has 0 saturated carbocycles. The Morgan fingerprint density at radius 2 is 2.46 bits per heavy atom. The number of ether oxygens (including phenoxy) is 2. The predicted molar refractivity (Wildman–Crippen MR) is 90.5 cm³/mol. The molecule has 0 radical (unpaired) electrons. The first-order chi connectivity index (χ1) is 11.7. The van der Waals surface area contributed by atoms with Crippen molar-refractivity contribution in [2.75, 3.05) is 19.5 Å². The van der Waals surface area contributed by atoms with Gasteiger partial charge in [-0.1, -0.05) is 17.8 Å². The van der Waals surface area contributed by atoms with Gasteiger partial charge in [0.1, 0.15) is 18.1 Å². The van der Waals surface area contributed by atoms with E-state index in [1.165, 1.54) is 0 Å². The standard InChI is InChI=1S/C17H19N3O3S/c1-22-14-3-2-11-6-12(10-23-15(11)7-14)16(21)18-8-13-9-20-4-5-24-17(20)19-13/h2-3,7,9,12H,4-6,8,10H2,1H3,(H,18,21)/t12-/m1/s1. The number of rotatable bonds is 4. The maximum atomic E-state index is 12.4. The van der Waals surface area contributed by atoms with Crippen molar-refractivity contribution in [1.29, 1.82) is 0 Å². The minimum absolute atomic E-state index is 0.0114. The van der Waals surface area contributed by atoms with Crippen molar-refractivity contribution in [3.05, 3.63) is 35.7 Å². The molecule has 0 aliphatic carbocycles. The van der Waals surface area contributed by atoms with Gasteiger partial charge in [0, 0.05) is 24.6 Å². The largest absolute Gasteiger partial charge is 0.497 e. The third kappa shape index (κ3) is 2.96. The van der Waals surface area contributed by atoms with Gasteiger partial charge in [-0.2, -0.15) is 0 Å². The Hall–Kier alpha value is -2.15. The average Bonchev–Trinajstić information content (AvgIpc) is 3.20. The highest BCUT2D eigenvalue weighted by atomic mass is 32.2. The van der Waals surface area contributed by atoms with Gasteiger partial charge >= 0.3 is 0 Å².